The molecule has 3 rings (SSSR count). The molecular formula is C10H15ClN5P. The van der Waals surface area contributed by atoms with Gasteiger partial charge in [0.25, 0.3) is 0 Å². The van der Waals surface area contributed by atoms with Gasteiger partial charge in [0, 0.05) is 31.2 Å². The summed E-state index contributed by atoms with van der Waals surface area (Å²) in [5, 5.41) is 8.03. The molecule has 1 aromatic rings. The first-order valence-electron chi connectivity index (χ1n) is 5.72. The lowest BCUT2D eigenvalue weighted by Gasteiger charge is -2.39. The number of nitrogen functional groups attached to an aromatic ring is 1. The normalized spacial score (nSPS) is 28.7. The van der Waals surface area contributed by atoms with Gasteiger partial charge in [0.15, 0.2) is 11.0 Å². The van der Waals surface area contributed by atoms with E-state index in [1.807, 2.05) is 6.07 Å². The second kappa shape index (κ2) is 4.23. The van der Waals surface area contributed by atoms with Crippen molar-refractivity contribution in [2.75, 3.05) is 23.7 Å². The minimum atomic E-state index is 0.398. The second-order valence-corrected chi connectivity index (χ2v) is 5.66. The largest absolute Gasteiger partial charge is 0.380 e. The number of anilines is 2. The Hall–Kier alpha value is -0.640. The van der Waals surface area contributed by atoms with Crippen LogP contribution in [0.3, 0.4) is 0 Å². The molecule has 2 N–H and O–H groups in total. The van der Waals surface area contributed by atoms with Crippen molar-refractivity contribution in [3.63, 3.8) is 0 Å². The van der Waals surface area contributed by atoms with Gasteiger partial charge in [-0.3, -0.25) is 4.67 Å². The molecule has 2 aliphatic heterocycles. The molecule has 17 heavy (non-hydrogen) atoms. The Morgan fingerprint density at radius 1 is 1.29 bits per heavy atom. The van der Waals surface area contributed by atoms with Gasteiger partial charge in [-0.2, -0.15) is 0 Å². The van der Waals surface area contributed by atoms with Crippen LogP contribution in [0.25, 0.3) is 0 Å². The van der Waals surface area contributed by atoms with Crippen molar-refractivity contribution in [1.82, 2.24) is 14.9 Å². The summed E-state index contributed by atoms with van der Waals surface area (Å²) in [6.07, 6.45) is 2.49. The summed E-state index contributed by atoms with van der Waals surface area (Å²) in [6, 6.07) is 2.98. The summed E-state index contributed by atoms with van der Waals surface area (Å²) in [6.45, 7) is 1.96. The van der Waals surface area contributed by atoms with Crippen LogP contribution in [-0.2, 0) is 0 Å². The molecule has 0 saturated carbocycles. The third-order valence-electron chi connectivity index (χ3n) is 3.65. The maximum absolute atomic E-state index is 5.88. The van der Waals surface area contributed by atoms with Crippen LogP contribution < -0.4 is 10.6 Å². The monoisotopic (exact) mass is 271 g/mol. The second-order valence-electron chi connectivity index (χ2n) is 4.67. The van der Waals surface area contributed by atoms with E-state index in [9.17, 15) is 0 Å². The number of aromatic nitrogens is 2. The van der Waals surface area contributed by atoms with Gasteiger partial charge in [-0.1, -0.05) is 21.0 Å². The number of piperazine rings is 1. The molecule has 0 radical (unpaired) electrons. The van der Waals surface area contributed by atoms with Crippen LogP contribution in [-0.4, -0.2) is 40.0 Å². The third-order valence-corrected chi connectivity index (χ3v) is 4.68. The summed E-state index contributed by atoms with van der Waals surface area (Å²) in [7, 11) is 2.84. The maximum Gasteiger partial charge on any atom is 0.169 e. The van der Waals surface area contributed by atoms with Gasteiger partial charge in [0.05, 0.1) is 5.69 Å². The van der Waals surface area contributed by atoms with E-state index in [1.54, 1.807) is 0 Å². The Bertz CT molecular complexity index is 429. The number of hydrogen-bond acceptors (Lipinski definition) is 5. The lowest BCUT2D eigenvalue weighted by atomic mass is 10.2. The van der Waals surface area contributed by atoms with Crippen molar-refractivity contribution >= 4 is 32.5 Å². The van der Waals surface area contributed by atoms with Crippen LogP contribution >= 0.6 is 21.0 Å². The summed E-state index contributed by atoms with van der Waals surface area (Å²) in [4.78, 5) is 2.28. The van der Waals surface area contributed by atoms with Gasteiger partial charge >= 0.3 is 0 Å². The Labute approximate surface area is 108 Å². The van der Waals surface area contributed by atoms with E-state index in [-0.39, 0.29) is 0 Å². The van der Waals surface area contributed by atoms with Crippen LogP contribution in [0.2, 0.25) is 5.15 Å². The van der Waals surface area contributed by atoms with E-state index < -0.39 is 0 Å². The number of hydrogen-bond donors (Lipinski definition) is 1. The van der Waals surface area contributed by atoms with Gasteiger partial charge in [-0.25, -0.2) is 0 Å². The number of rotatable bonds is 1. The van der Waals surface area contributed by atoms with Crippen molar-refractivity contribution in [2.24, 2.45) is 0 Å². The van der Waals surface area contributed by atoms with E-state index in [1.165, 1.54) is 12.8 Å². The molecule has 3 atom stereocenters. The Kier molecular flexibility index (Phi) is 2.85. The van der Waals surface area contributed by atoms with Crippen LogP contribution in [0.5, 0.6) is 0 Å². The zero-order chi connectivity index (χ0) is 12.0. The van der Waals surface area contributed by atoms with Gasteiger partial charge in [-0.05, 0) is 12.8 Å². The van der Waals surface area contributed by atoms with E-state index in [0.717, 1.165) is 18.8 Å². The Morgan fingerprint density at radius 2 is 1.94 bits per heavy atom. The van der Waals surface area contributed by atoms with Crippen molar-refractivity contribution in [2.45, 2.75) is 24.9 Å². The fraction of sp³-hybridized carbons (Fsp3) is 0.600. The lowest BCUT2D eigenvalue weighted by Crippen LogP contribution is -2.49. The SMILES string of the molecule is Nc1nnc(Cl)cc1N1CC2CCC(C1)N2P. The minimum absolute atomic E-state index is 0.398. The van der Waals surface area contributed by atoms with E-state index >= 15 is 0 Å². The number of nitrogens with zero attached hydrogens (tertiary/aromatic N) is 4. The first kappa shape index (κ1) is 11.5. The maximum atomic E-state index is 5.88. The third kappa shape index (κ3) is 1.96. The summed E-state index contributed by atoms with van der Waals surface area (Å²) in [5.41, 5.74) is 6.79. The van der Waals surface area contributed by atoms with Gasteiger partial charge in [-0.15, -0.1) is 10.2 Å². The first-order chi connectivity index (χ1) is 8.15. The molecule has 5 nitrogen and oxygen atoms in total. The highest BCUT2D eigenvalue weighted by atomic mass is 35.5. The Balaban J connectivity index is 1.88. The molecular weight excluding hydrogens is 257 g/mol. The molecule has 3 heterocycles. The minimum Gasteiger partial charge on any atom is -0.380 e. The molecule has 3 unspecified atom stereocenters. The van der Waals surface area contributed by atoms with Gasteiger partial charge < -0.3 is 10.6 Å². The zero-order valence-corrected chi connectivity index (χ0v) is 11.3. The average Bonchev–Trinajstić information content (AvgIpc) is 2.55. The van der Waals surface area contributed by atoms with Crippen LogP contribution in [0.1, 0.15) is 12.8 Å². The Morgan fingerprint density at radius 3 is 2.59 bits per heavy atom. The molecule has 7 heteroatoms. The number of nitrogens with two attached hydrogens (primary N) is 1. The fourth-order valence-corrected chi connectivity index (χ4v) is 3.38. The van der Waals surface area contributed by atoms with Gasteiger partial charge in [0.1, 0.15) is 0 Å². The first-order valence-corrected chi connectivity index (χ1v) is 6.61. The fourth-order valence-electron chi connectivity index (χ4n) is 2.75. The number of fused-ring (bicyclic) bond motifs is 2. The van der Waals surface area contributed by atoms with Crippen molar-refractivity contribution in [3.05, 3.63) is 11.2 Å². The van der Waals surface area contributed by atoms with Crippen molar-refractivity contribution in [1.29, 1.82) is 0 Å². The van der Waals surface area contributed by atoms with Crippen molar-refractivity contribution in [3.8, 4) is 0 Å². The predicted molar refractivity (Wildman–Crippen MR) is 72.0 cm³/mol. The highest BCUT2D eigenvalue weighted by Crippen LogP contribution is 2.36. The summed E-state index contributed by atoms with van der Waals surface area (Å²) >= 11 is 5.88. The van der Waals surface area contributed by atoms with Crippen LogP contribution in [0, 0.1) is 0 Å². The summed E-state index contributed by atoms with van der Waals surface area (Å²) < 4.78 is 2.39. The van der Waals surface area contributed by atoms with E-state index in [2.05, 4.69) is 29.2 Å². The molecule has 0 aliphatic carbocycles. The highest BCUT2D eigenvalue weighted by molar-refractivity contribution is 7.13. The standard InChI is InChI=1S/C10H15ClN5P/c11-9-3-8(10(12)14-13-9)15-4-6-1-2-7(5-15)16(6)17/h3,6-7H,1-2,4-5,17H2,(H2,12,14). The number of halogens is 1. The molecule has 2 fully saturated rings. The average molecular weight is 272 g/mol. The highest BCUT2D eigenvalue weighted by Gasteiger charge is 2.38. The van der Waals surface area contributed by atoms with Crippen molar-refractivity contribution < 1.29 is 0 Å². The molecule has 2 bridgehead atoms. The predicted octanol–water partition coefficient (Wildman–Crippen LogP) is 1.16. The zero-order valence-electron chi connectivity index (χ0n) is 9.38. The molecule has 2 saturated heterocycles. The topological polar surface area (TPSA) is 58.3 Å². The lowest BCUT2D eigenvalue weighted by molar-refractivity contribution is 0.313. The van der Waals surface area contributed by atoms with E-state index in [0.29, 0.717) is 23.1 Å². The van der Waals surface area contributed by atoms with E-state index in [4.69, 9.17) is 17.3 Å². The smallest absolute Gasteiger partial charge is 0.169 e. The molecule has 1 aromatic heterocycles. The quantitative estimate of drug-likeness (QED) is 0.777. The van der Waals surface area contributed by atoms with Gasteiger partial charge in [0.2, 0.25) is 0 Å². The van der Waals surface area contributed by atoms with Crippen LogP contribution in [0.4, 0.5) is 11.5 Å². The molecule has 2 aliphatic rings. The van der Waals surface area contributed by atoms with Crippen LogP contribution in [0.15, 0.2) is 6.07 Å². The molecule has 0 amide bonds. The molecule has 0 aromatic carbocycles. The summed E-state index contributed by atoms with van der Waals surface area (Å²) in [5.74, 6) is 0.464. The molecule has 0 spiro atoms. The molecule has 92 valence electrons.